The maximum atomic E-state index is 13.3. The zero-order valence-corrected chi connectivity index (χ0v) is 23.8. The molecule has 0 saturated carbocycles. The Morgan fingerprint density at radius 1 is 1.23 bits per heavy atom. The monoisotopic (exact) mass is 597 g/mol. The van der Waals surface area contributed by atoms with Crippen LogP contribution in [0.2, 0.25) is 0 Å². The van der Waals surface area contributed by atoms with Gasteiger partial charge < -0.3 is 30.0 Å². The first-order valence-corrected chi connectivity index (χ1v) is 16.1. The van der Waals surface area contributed by atoms with Gasteiger partial charge in [0.25, 0.3) is 0 Å². The number of fused-ring (bicyclic) bond motifs is 1. The molecule has 0 aliphatic carbocycles. The lowest BCUT2D eigenvalue weighted by Gasteiger charge is -2.38. The van der Waals surface area contributed by atoms with E-state index in [-0.39, 0.29) is 29.0 Å². The van der Waals surface area contributed by atoms with Crippen molar-refractivity contribution in [2.75, 3.05) is 58.4 Å². The molecule has 2 aromatic rings. The number of rotatable bonds is 10. The molecule has 15 heteroatoms. The number of anilines is 1. The summed E-state index contributed by atoms with van der Waals surface area (Å²) in [6.45, 7) is 2.48. The highest BCUT2D eigenvalue weighted by molar-refractivity contribution is 7.89. The quantitative estimate of drug-likeness (QED) is 0.294. The summed E-state index contributed by atoms with van der Waals surface area (Å²) in [7, 11) is -5.95. The van der Waals surface area contributed by atoms with Gasteiger partial charge in [-0.05, 0) is 44.5 Å². The molecule has 2 atom stereocenters. The molecule has 1 aromatic carbocycles. The van der Waals surface area contributed by atoms with Crippen LogP contribution in [0, 0.1) is 0 Å². The van der Waals surface area contributed by atoms with Crippen LogP contribution in [-0.2, 0) is 24.8 Å². The van der Waals surface area contributed by atoms with E-state index in [1.54, 1.807) is 18.2 Å². The minimum atomic E-state index is -3.70. The smallest absolute Gasteiger partial charge is 0.244 e. The summed E-state index contributed by atoms with van der Waals surface area (Å²) >= 11 is 0. The molecule has 2 unspecified atom stereocenters. The maximum Gasteiger partial charge on any atom is 0.244 e. The Balaban J connectivity index is 1.08. The van der Waals surface area contributed by atoms with Gasteiger partial charge >= 0.3 is 0 Å². The Labute approximate surface area is 234 Å². The number of hydrogen-bond acceptors (Lipinski definition) is 11. The number of nitrogens with one attached hydrogen (secondary N) is 3. The molecule has 5 rings (SSSR count). The Bertz CT molecular complexity index is 1410. The lowest BCUT2D eigenvalue weighted by Crippen LogP contribution is -2.47. The summed E-state index contributed by atoms with van der Waals surface area (Å²) in [6, 6.07) is 7.65. The predicted molar refractivity (Wildman–Crippen MR) is 145 cm³/mol. The van der Waals surface area contributed by atoms with Crippen molar-refractivity contribution in [2.45, 2.75) is 46.8 Å². The van der Waals surface area contributed by atoms with Crippen molar-refractivity contribution in [3.63, 3.8) is 0 Å². The third kappa shape index (κ3) is 6.35. The predicted octanol–water partition coefficient (Wildman–Crippen LogP) is 0.136. The molecule has 1 aromatic heterocycles. The SMILES string of the molecule is CNS(=O)(=O)c1cccc(OCC(O)CNC2COC3(CCN(S(=O)(=O)c4cnc5c(c4)NCCO5)CC3)C2)c1. The molecule has 1 spiro atoms. The van der Waals surface area contributed by atoms with Gasteiger partial charge in [-0.1, -0.05) is 6.07 Å². The van der Waals surface area contributed by atoms with Gasteiger partial charge in [0.05, 0.1) is 29.0 Å². The third-order valence-electron chi connectivity index (χ3n) is 7.43. The summed E-state index contributed by atoms with van der Waals surface area (Å²) in [5.74, 6) is 0.752. The molecule has 40 heavy (non-hydrogen) atoms. The number of aliphatic hydroxyl groups is 1. The summed E-state index contributed by atoms with van der Waals surface area (Å²) in [5.41, 5.74) is 0.171. The van der Waals surface area contributed by atoms with Gasteiger partial charge in [0.15, 0.2) is 0 Å². The number of aliphatic hydroxyl groups excluding tert-OH is 1. The van der Waals surface area contributed by atoms with Crippen LogP contribution >= 0.6 is 0 Å². The molecule has 3 aliphatic heterocycles. The van der Waals surface area contributed by atoms with Crippen molar-refractivity contribution in [3.8, 4) is 11.6 Å². The number of sulfonamides is 2. The van der Waals surface area contributed by atoms with Crippen molar-refractivity contribution in [1.29, 1.82) is 0 Å². The Kier molecular flexibility index (Phi) is 8.52. The van der Waals surface area contributed by atoms with E-state index >= 15 is 0 Å². The standard InChI is InChI=1S/C25H35N5O8S2/c1-26-39(32,33)21-4-2-3-20(11-21)37-17-19(31)14-28-18-13-25(38-16-18)5-8-30(9-6-25)40(34,35)22-12-23-24(29-15-22)36-10-7-27-23/h2-4,11-12,15,18-19,26-28,31H,5-10,13-14,16-17H2,1H3. The highest BCUT2D eigenvalue weighted by Crippen LogP contribution is 2.38. The van der Waals surface area contributed by atoms with Crippen molar-refractivity contribution >= 4 is 25.7 Å². The van der Waals surface area contributed by atoms with Gasteiger partial charge in [0.1, 0.15) is 30.0 Å². The number of nitrogens with zero attached hydrogens (tertiary/aromatic N) is 2. The van der Waals surface area contributed by atoms with E-state index in [2.05, 4.69) is 20.3 Å². The van der Waals surface area contributed by atoms with Crippen molar-refractivity contribution in [1.82, 2.24) is 19.3 Å². The fourth-order valence-electron chi connectivity index (χ4n) is 5.16. The second-order valence-corrected chi connectivity index (χ2v) is 14.0. The van der Waals surface area contributed by atoms with Gasteiger partial charge in [-0.2, -0.15) is 4.31 Å². The Hall–Kier alpha value is -2.53. The van der Waals surface area contributed by atoms with E-state index in [1.165, 1.54) is 29.7 Å². The van der Waals surface area contributed by atoms with Crippen LogP contribution in [0.25, 0.3) is 0 Å². The topological polar surface area (TPSA) is 168 Å². The lowest BCUT2D eigenvalue weighted by atomic mass is 9.88. The second-order valence-electron chi connectivity index (χ2n) is 10.2. The molecule has 4 heterocycles. The highest BCUT2D eigenvalue weighted by atomic mass is 32.2. The average molecular weight is 598 g/mol. The van der Waals surface area contributed by atoms with Crippen molar-refractivity contribution in [3.05, 3.63) is 36.5 Å². The van der Waals surface area contributed by atoms with Crippen LogP contribution in [0.15, 0.2) is 46.3 Å². The van der Waals surface area contributed by atoms with E-state index in [0.29, 0.717) is 69.4 Å². The maximum absolute atomic E-state index is 13.3. The average Bonchev–Trinajstić information content (AvgIpc) is 3.37. The van der Waals surface area contributed by atoms with Crippen LogP contribution in [-0.4, -0.2) is 102 Å². The van der Waals surface area contributed by atoms with Crippen LogP contribution in [0.1, 0.15) is 19.3 Å². The first-order valence-electron chi connectivity index (χ1n) is 13.2. The minimum absolute atomic E-state index is 0.0119. The first kappa shape index (κ1) is 29.0. The molecular formula is C25H35N5O8S2. The summed E-state index contributed by atoms with van der Waals surface area (Å²) < 4.78 is 71.4. The molecule has 13 nitrogen and oxygen atoms in total. The zero-order valence-electron chi connectivity index (χ0n) is 22.2. The van der Waals surface area contributed by atoms with Gasteiger partial charge in [-0.15, -0.1) is 0 Å². The lowest BCUT2D eigenvalue weighted by molar-refractivity contribution is -0.0312. The number of ether oxygens (including phenoxy) is 3. The van der Waals surface area contributed by atoms with E-state index in [1.807, 2.05) is 0 Å². The number of aromatic nitrogens is 1. The molecular weight excluding hydrogens is 562 g/mol. The summed E-state index contributed by atoms with van der Waals surface area (Å²) in [5, 5.41) is 16.8. The Morgan fingerprint density at radius 3 is 2.80 bits per heavy atom. The first-order chi connectivity index (χ1) is 19.1. The number of hydrogen-bond donors (Lipinski definition) is 4. The van der Waals surface area contributed by atoms with Crippen LogP contribution in [0.3, 0.4) is 0 Å². The van der Waals surface area contributed by atoms with Gasteiger partial charge in [0.2, 0.25) is 25.9 Å². The summed E-state index contributed by atoms with van der Waals surface area (Å²) in [4.78, 5) is 4.38. The number of piperidine rings is 1. The highest BCUT2D eigenvalue weighted by Gasteiger charge is 2.45. The summed E-state index contributed by atoms with van der Waals surface area (Å²) in [6.07, 6.45) is 2.37. The second kappa shape index (κ2) is 11.8. The fraction of sp³-hybridized carbons (Fsp3) is 0.560. The van der Waals surface area contributed by atoms with E-state index < -0.39 is 31.8 Å². The molecule has 220 valence electrons. The van der Waals surface area contributed by atoms with Crippen LogP contribution < -0.4 is 24.8 Å². The molecule has 2 saturated heterocycles. The molecule has 4 N–H and O–H groups in total. The minimum Gasteiger partial charge on any atom is -0.491 e. The molecule has 2 fully saturated rings. The van der Waals surface area contributed by atoms with Crippen LogP contribution in [0.4, 0.5) is 5.69 Å². The van der Waals surface area contributed by atoms with Gasteiger partial charge in [-0.3, -0.25) is 0 Å². The molecule has 0 radical (unpaired) electrons. The van der Waals surface area contributed by atoms with Gasteiger partial charge in [-0.25, -0.2) is 26.5 Å². The van der Waals surface area contributed by atoms with Crippen LogP contribution in [0.5, 0.6) is 11.6 Å². The van der Waals surface area contributed by atoms with Gasteiger partial charge in [0, 0.05) is 38.3 Å². The van der Waals surface area contributed by atoms with Crippen molar-refractivity contribution < 1.29 is 36.2 Å². The Morgan fingerprint density at radius 2 is 2.02 bits per heavy atom. The van der Waals surface area contributed by atoms with E-state index in [0.717, 1.165) is 0 Å². The van der Waals surface area contributed by atoms with E-state index in [4.69, 9.17) is 14.2 Å². The number of pyridine rings is 1. The molecule has 0 bridgehead atoms. The third-order valence-corrected chi connectivity index (χ3v) is 10.7. The largest absolute Gasteiger partial charge is 0.491 e. The zero-order chi connectivity index (χ0) is 28.4. The molecule has 3 aliphatic rings. The van der Waals surface area contributed by atoms with Crippen molar-refractivity contribution in [2.24, 2.45) is 0 Å². The molecule has 0 amide bonds. The fourth-order valence-corrected chi connectivity index (χ4v) is 7.34. The van der Waals surface area contributed by atoms with E-state index in [9.17, 15) is 21.9 Å². The number of benzene rings is 1. The normalized spacial score (nSPS) is 21.8.